The van der Waals surface area contributed by atoms with Crippen LogP contribution in [0.25, 0.3) is 0 Å². The van der Waals surface area contributed by atoms with Crippen molar-refractivity contribution in [2.24, 2.45) is 0 Å². The van der Waals surface area contributed by atoms with E-state index in [1.165, 1.54) is 18.4 Å². The monoisotopic (exact) mass is 279 g/mol. The summed E-state index contributed by atoms with van der Waals surface area (Å²) in [6, 6.07) is 6.84. The van der Waals surface area contributed by atoms with E-state index in [-0.39, 0.29) is 0 Å². The molecule has 106 valence electrons. The van der Waals surface area contributed by atoms with Crippen LogP contribution in [0.3, 0.4) is 0 Å². The van der Waals surface area contributed by atoms with E-state index in [0.29, 0.717) is 11.3 Å². The van der Waals surface area contributed by atoms with Crippen molar-refractivity contribution >= 4 is 10.8 Å². The lowest BCUT2D eigenvalue weighted by atomic mass is 9.95. The zero-order chi connectivity index (χ0) is 13.8. The highest BCUT2D eigenvalue weighted by atomic mass is 32.2. The molecular formula is C16H25NOS. The van der Waals surface area contributed by atoms with Crippen molar-refractivity contribution in [2.45, 2.75) is 62.6 Å². The van der Waals surface area contributed by atoms with Crippen molar-refractivity contribution in [1.29, 1.82) is 0 Å². The van der Waals surface area contributed by atoms with Gasteiger partial charge in [-0.15, -0.1) is 0 Å². The van der Waals surface area contributed by atoms with Crippen LogP contribution in [0.15, 0.2) is 23.1 Å². The molecule has 0 bridgehead atoms. The summed E-state index contributed by atoms with van der Waals surface area (Å²) < 4.78 is 12.8. The molecule has 1 aliphatic rings. The summed E-state index contributed by atoms with van der Waals surface area (Å²) in [4.78, 5) is 1.04. The number of hydrogen-bond donors (Lipinski definition) is 1. The van der Waals surface area contributed by atoms with Crippen molar-refractivity contribution in [1.82, 2.24) is 5.32 Å². The molecule has 3 unspecified atom stereocenters. The second kappa shape index (κ2) is 6.67. The van der Waals surface area contributed by atoms with Crippen molar-refractivity contribution in [2.75, 3.05) is 6.54 Å². The van der Waals surface area contributed by atoms with Gasteiger partial charge in [0.15, 0.2) is 0 Å². The summed E-state index contributed by atoms with van der Waals surface area (Å²) in [6.07, 6.45) is 4.57. The van der Waals surface area contributed by atoms with Crippen LogP contribution in [-0.2, 0) is 10.8 Å². The molecule has 0 heterocycles. The predicted molar refractivity (Wildman–Crippen MR) is 82.0 cm³/mol. The molecule has 0 saturated heterocycles. The maximum Gasteiger partial charge on any atom is 0.0564 e. The molecule has 1 N–H and O–H groups in total. The molecule has 3 atom stereocenters. The van der Waals surface area contributed by atoms with Gasteiger partial charge in [0.1, 0.15) is 0 Å². The first-order valence-electron chi connectivity index (χ1n) is 7.33. The Hall–Kier alpha value is -0.670. The van der Waals surface area contributed by atoms with Gasteiger partial charge in [-0.05, 0) is 56.8 Å². The molecule has 2 rings (SSSR count). The van der Waals surface area contributed by atoms with Crippen molar-refractivity contribution in [3.05, 3.63) is 29.3 Å². The summed E-state index contributed by atoms with van der Waals surface area (Å²) in [5, 5.41) is 3.83. The molecule has 1 saturated carbocycles. The van der Waals surface area contributed by atoms with Gasteiger partial charge in [-0.3, -0.25) is 4.21 Å². The van der Waals surface area contributed by atoms with Gasteiger partial charge < -0.3 is 5.32 Å². The summed E-state index contributed by atoms with van der Waals surface area (Å²) in [5.74, 6) is 0. The first-order valence-corrected chi connectivity index (χ1v) is 8.54. The highest BCUT2D eigenvalue weighted by molar-refractivity contribution is 7.85. The van der Waals surface area contributed by atoms with Crippen LogP contribution < -0.4 is 5.32 Å². The topological polar surface area (TPSA) is 29.1 Å². The van der Waals surface area contributed by atoms with E-state index in [1.807, 2.05) is 0 Å². The zero-order valence-corrected chi connectivity index (χ0v) is 13.1. The van der Waals surface area contributed by atoms with Gasteiger partial charge in [0.05, 0.1) is 10.8 Å². The second-order valence-corrected chi connectivity index (χ2v) is 7.31. The van der Waals surface area contributed by atoms with E-state index in [9.17, 15) is 4.21 Å². The summed E-state index contributed by atoms with van der Waals surface area (Å²) in [7, 11) is -0.856. The van der Waals surface area contributed by atoms with Crippen LogP contribution in [-0.4, -0.2) is 22.0 Å². The first-order chi connectivity index (χ1) is 9.11. The summed E-state index contributed by atoms with van der Waals surface area (Å²) in [6.45, 7) is 7.29. The van der Waals surface area contributed by atoms with Crippen LogP contribution in [0.4, 0.5) is 0 Å². The average Bonchev–Trinajstić information content (AvgIpc) is 2.41. The van der Waals surface area contributed by atoms with E-state index in [2.05, 4.69) is 44.3 Å². The molecule has 1 aliphatic carbocycles. The fraction of sp³-hybridized carbons (Fsp3) is 0.625. The number of rotatable bonds is 4. The molecule has 1 aromatic carbocycles. The highest BCUT2D eigenvalue weighted by Crippen LogP contribution is 2.28. The van der Waals surface area contributed by atoms with Gasteiger partial charge in [0.25, 0.3) is 0 Å². The van der Waals surface area contributed by atoms with Gasteiger partial charge >= 0.3 is 0 Å². The minimum atomic E-state index is -0.856. The van der Waals surface area contributed by atoms with Gasteiger partial charge in [-0.1, -0.05) is 25.5 Å². The van der Waals surface area contributed by atoms with E-state index in [4.69, 9.17) is 0 Å². The SMILES string of the molecule is CCNC1CCCC(S(=O)c2cc(C)ccc2C)C1. The molecule has 0 aromatic heterocycles. The van der Waals surface area contributed by atoms with Crippen LogP contribution in [0.1, 0.15) is 43.7 Å². The Morgan fingerprint density at radius 3 is 2.84 bits per heavy atom. The molecule has 3 heteroatoms. The number of aryl methyl sites for hydroxylation is 2. The van der Waals surface area contributed by atoms with Crippen LogP contribution in [0, 0.1) is 13.8 Å². The Bertz CT molecular complexity index is 456. The number of hydrogen-bond acceptors (Lipinski definition) is 2. The lowest BCUT2D eigenvalue weighted by Crippen LogP contribution is -2.37. The van der Waals surface area contributed by atoms with Gasteiger partial charge in [-0.25, -0.2) is 0 Å². The highest BCUT2D eigenvalue weighted by Gasteiger charge is 2.27. The Labute approximate surface area is 119 Å². The van der Waals surface area contributed by atoms with E-state index in [0.717, 1.165) is 29.8 Å². The fourth-order valence-electron chi connectivity index (χ4n) is 2.92. The van der Waals surface area contributed by atoms with E-state index >= 15 is 0 Å². The van der Waals surface area contributed by atoms with Gasteiger partial charge in [0, 0.05) is 16.2 Å². The first kappa shape index (κ1) is 14.7. The molecule has 2 nitrogen and oxygen atoms in total. The molecule has 19 heavy (non-hydrogen) atoms. The fourth-order valence-corrected chi connectivity index (χ4v) is 4.75. The smallest absolute Gasteiger partial charge is 0.0564 e. The van der Waals surface area contributed by atoms with E-state index < -0.39 is 10.8 Å². The molecule has 1 fully saturated rings. The molecule has 1 aromatic rings. The largest absolute Gasteiger partial charge is 0.314 e. The molecular weight excluding hydrogens is 254 g/mol. The Morgan fingerprint density at radius 1 is 1.32 bits per heavy atom. The maximum atomic E-state index is 12.8. The summed E-state index contributed by atoms with van der Waals surface area (Å²) in [5.41, 5.74) is 2.36. The van der Waals surface area contributed by atoms with Gasteiger partial charge in [-0.2, -0.15) is 0 Å². The third kappa shape index (κ3) is 3.67. The Kier molecular flexibility index (Phi) is 5.17. The van der Waals surface area contributed by atoms with Crippen molar-refractivity contribution in [3.8, 4) is 0 Å². The quantitative estimate of drug-likeness (QED) is 0.916. The van der Waals surface area contributed by atoms with Crippen molar-refractivity contribution in [3.63, 3.8) is 0 Å². The standard InChI is InChI=1S/C16H25NOS/c1-4-17-14-6-5-7-15(11-14)19(18)16-10-12(2)8-9-13(16)3/h8-10,14-15,17H,4-7,11H2,1-3H3. The van der Waals surface area contributed by atoms with Crippen molar-refractivity contribution < 1.29 is 4.21 Å². The Morgan fingerprint density at radius 2 is 2.11 bits per heavy atom. The van der Waals surface area contributed by atoms with Crippen LogP contribution in [0.2, 0.25) is 0 Å². The lowest BCUT2D eigenvalue weighted by molar-refractivity contribution is 0.383. The molecule has 0 spiro atoms. The summed E-state index contributed by atoms with van der Waals surface area (Å²) >= 11 is 0. The Balaban J connectivity index is 2.12. The predicted octanol–water partition coefficient (Wildman–Crippen LogP) is 3.33. The average molecular weight is 279 g/mol. The number of nitrogens with one attached hydrogen (secondary N) is 1. The minimum Gasteiger partial charge on any atom is -0.314 e. The van der Waals surface area contributed by atoms with Crippen LogP contribution in [0.5, 0.6) is 0 Å². The second-order valence-electron chi connectivity index (χ2n) is 5.61. The zero-order valence-electron chi connectivity index (χ0n) is 12.2. The normalized spacial score (nSPS) is 25.2. The third-order valence-electron chi connectivity index (χ3n) is 3.98. The van der Waals surface area contributed by atoms with E-state index in [1.54, 1.807) is 0 Å². The molecule has 0 aliphatic heterocycles. The third-order valence-corrected chi connectivity index (χ3v) is 5.89. The maximum absolute atomic E-state index is 12.8. The van der Waals surface area contributed by atoms with Crippen LogP contribution >= 0.6 is 0 Å². The molecule has 0 amide bonds. The van der Waals surface area contributed by atoms with Gasteiger partial charge in [0.2, 0.25) is 0 Å². The minimum absolute atomic E-state index is 0.318. The number of benzene rings is 1. The molecule has 0 radical (unpaired) electrons. The lowest BCUT2D eigenvalue weighted by Gasteiger charge is -2.29.